The molecule has 0 spiro atoms. The van der Waals surface area contributed by atoms with Crippen LogP contribution in [0.1, 0.15) is 30.0 Å². The Balaban J connectivity index is 2.04. The number of aliphatic hydroxyl groups is 1. The molecule has 2 rings (SSSR count). The fourth-order valence-corrected chi connectivity index (χ4v) is 2.73. The van der Waals surface area contributed by atoms with E-state index in [1.807, 2.05) is 32.0 Å². The van der Waals surface area contributed by atoms with Gasteiger partial charge in [-0.3, -0.25) is 4.90 Å². The van der Waals surface area contributed by atoms with E-state index in [4.69, 9.17) is 10.9 Å². The molecule has 1 aliphatic rings. The molecular formula is C15H23N3O2. The molecule has 1 saturated heterocycles. The first-order chi connectivity index (χ1) is 9.51. The van der Waals surface area contributed by atoms with Crippen LogP contribution in [-0.4, -0.2) is 40.2 Å². The average Bonchev–Trinajstić information content (AvgIpc) is 2.89. The lowest BCUT2D eigenvalue weighted by atomic mass is 10.0. The van der Waals surface area contributed by atoms with Crippen molar-refractivity contribution in [1.29, 1.82) is 0 Å². The summed E-state index contributed by atoms with van der Waals surface area (Å²) in [6.07, 6.45) is 0.822. The van der Waals surface area contributed by atoms with E-state index in [1.54, 1.807) is 0 Å². The second kappa shape index (κ2) is 6.24. The Morgan fingerprint density at radius 3 is 2.85 bits per heavy atom. The van der Waals surface area contributed by atoms with Crippen molar-refractivity contribution >= 4 is 5.84 Å². The number of oxime groups is 1. The largest absolute Gasteiger partial charge is 0.409 e. The standard InChI is InChI=1S/C15H23N3O2/c1-10-7-12(15(16)17-20)3-4-13(10)8-18-6-5-14(9-18)11(2)19/h3-4,7,11,14,19-20H,5-6,8-9H2,1-2H3,(H2,16,17). The van der Waals surface area contributed by atoms with Crippen molar-refractivity contribution in [3.05, 3.63) is 34.9 Å². The predicted molar refractivity (Wildman–Crippen MR) is 78.8 cm³/mol. The van der Waals surface area contributed by atoms with Crippen LogP contribution < -0.4 is 5.73 Å². The zero-order chi connectivity index (χ0) is 14.7. The number of aliphatic hydroxyl groups excluding tert-OH is 1. The van der Waals surface area contributed by atoms with Crippen molar-refractivity contribution in [2.75, 3.05) is 13.1 Å². The molecule has 110 valence electrons. The van der Waals surface area contributed by atoms with Gasteiger partial charge in [-0.15, -0.1) is 0 Å². The predicted octanol–water partition coefficient (Wildman–Crippen LogP) is 1.29. The first-order valence-electron chi connectivity index (χ1n) is 6.99. The lowest BCUT2D eigenvalue weighted by molar-refractivity contribution is 0.127. The van der Waals surface area contributed by atoms with Gasteiger partial charge in [-0.2, -0.15) is 0 Å². The van der Waals surface area contributed by atoms with E-state index in [-0.39, 0.29) is 11.9 Å². The van der Waals surface area contributed by atoms with Crippen LogP contribution in [0.25, 0.3) is 0 Å². The van der Waals surface area contributed by atoms with Crippen molar-refractivity contribution < 1.29 is 10.3 Å². The Kier molecular flexibility index (Phi) is 4.62. The van der Waals surface area contributed by atoms with E-state index >= 15 is 0 Å². The highest BCUT2D eigenvalue weighted by molar-refractivity contribution is 5.97. The number of nitrogens with two attached hydrogens (primary N) is 1. The van der Waals surface area contributed by atoms with Crippen molar-refractivity contribution in [3.63, 3.8) is 0 Å². The first-order valence-corrected chi connectivity index (χ1v) is 6.99. The zero-order valence-electron chi connectivity index (χ0n) is 12.1. The van der Waals surface area contributed by atoms with Crippen molar-refractivity contribution in [2.24, 2.45) is 16.8 Å². The molecule has 0 amide bonds. The van der Waals surface area contributed by atoms with E-state index in [1.165, 1.54) is 5.56 Å². The van der Waals surface area contributed by atoms with Gasteiger partial charge in [0.2, 0.25) is 0 Å². The van der Waals surface area contributed by atoms with Gasteiger partial charge in [-0.05, 0) is 49.9 Å². The van der Waals surface area contributed by atoms with Crippen LogP contribution in [0.2, 0.25) is 0 Å². The topological polar surface area (TPSA) is 82.1 Å². The highest BCUT2D eigenvalue weighted by atomic mass is 16.4. The highest BCUT2D eigenvalue weighted by Crippen LogP contribution is 2.22. The van der Waals surface area contributed by atoms with Crippen molar-refractivity contribution in [1.82, 2.24) is 4.90 Å². The minimum Gasteiger partial charge on any atom is -0.409 e. The summed E-state index contributed by atoms with van der Waals surface area (Å²) in [4.78, 5) is 2.36. The summed E-state index contributed by atoms with van der Waals surface area (Å²) in [6, 6.07) is 5.84. The number of hydrogen-bond acceptors (Lipinski definition) is 4. The highest BCUT2D eigenvalue weighted by Gasteiger charge is 2.26. The molecule has 2 atom stereocenters. The third kappa shape index (κ3) is 3.29. The van der Waals surface area contributed by atoms with Gasteiger partial charge >= 0.3 is 0 Å². The van der Waals surface area contributed by atoms with Gasteiger partial charge in [0.25, 0.3) is 0 Å². The molecule has 20 heavy (non-hydrogen) atoms. The molecule has 1 fully saturated rings. The lowest BCUT2D eigenvalue weighted by Gasteiger charge is -2.19. The first kappa shape index (κ1) is 14.8. The molecule has 1 aromatic carbocycles. The van der Waals surface area contributed by atoms with Gasteiger partial charge < -0.3 is 16.0 Å². The van der Waals surface area contributed by atoms with Crippen molar-refractivity contribution in [3.8, 4) is 0 Å². The maximum Gasteiger partial charge on any atom is 0.170 e. The summed E-state index contributed by atoms with van der Waals surface area (Å²) in [7, 11) is 0. The average molecular weight is 277 g/mol. The van der Waals surface area contributed by atoms with Gasteiger partial charge in [0.05, 0.1) is 6.10 Å². The second-order valence-corrected chi connectivity index (χ2v) is 5.65. The molecule has 0 aliphatic carbocycles. The molecule has 0 bridgehead atoms. The smallest absolute Gasteiger partial charge is 0.170 e. The van der Waals surface area contributed by atoms with Gasteiger partial charge in [0, 0.05) is 18.7 Å². The fraction of sp³-hybridized carbons (Fsp3) is 0.533. The molecule has 1 aromatic rings. The van der Waals surface area contributed by atoms with E-state index < -0.39 is 0 Å². The summed E-state index contributed by atoms with van der Waals surface area (Å²) in [5, 5.41) is 21.3. The number of rotatable bonds is 4. The molecule has 2 unspecified atom stereocenters. The van der Waals surface area contributed by atoms with Crippen LogP contribution in [0, 0.1) is 12.8 Å². The molecule has 4 N–H and O–H groups in total. The number of aryl methyl sites for hydroxylation is 1. The summed E-state index contributed by atoms with van der Waals surface area (Å²) < 4.78 is 0. The van der Waals surface area contributed by atoms with E-state index in [0.717, 1.165) is 37.2 Å². The van der Waals surface area contributed by atoms with Crippen molar-refractivity contribution in [2.45, 2.75) is 32.9 Å². The number of likely N-dealkylation sites (tertiary alicyclic amines) is 1. The molecule has 0 radical (unpaired) electrons. The Hall–Kier alpha value is -1.59. The molecule has 1 heterocycles. The molecule has 0 aromatic heterocycles. The van der Waals surface area contributed by atoms with Gasteiger partial charge in [0.1, 0.15) is 0 Å². The Morgan fingerprint density at radius 1 is 1.55 bits per heavy atom. The van der Waals surface area contributed by atoms with Gasteiger partial charge in [-0.25, -0.2) is 0 Å². The lowest BCUT2D eigenvalue weighted by Crippen LogP contribution is -2.24. The van der Waals surface area contributed by atoms with Crippen LogP contribution in [-0.2, 0) is 6.54 Å². The van der Waals surface area contributed by atoms with Crippen LogP contribution in [0.3, 0.4) is 0 Å². The maximum atomic E-state index is 9.64. The Labute approximate surface area is 119 Å². The van der Waals surface area contributed by atoms with Gasteiger partial charge in [0.15, 0.2) is 5.84 Å². The number of benzene rings is 1. The molecule has 0 saturated carbocycles. The van der Waals surface area contributed by atoms with Crippen LogP contribution in [0.5, 0.6) is 0 Å². The fourth-order valence-electron chi connectivity index (χ4n) is 2.73. The number of nitrogens with zero attached hydrogens (tertiary/aromatic N) is 2. The SMILES string of the molecule is Cc1cc(/C(N)=N/O)ccc1CN1CCC(C(C)O)C1. The number of hydrogen-bond donors (Lipinski definition) is 3. The third-order valence-electron chi connectivity index (χ3n) is 4.13. The van der Waals surface area contributed by atoms with E-state index in [0.29, 0.717) is 5.92 Å². The minimum absolute atomic E-state index is 0.134. The number of amidine groups is 1. The Bertz CT molecular complexity index is 500. The summed E-state index contributed by atoms with van der Waals surface area (Å²) in [5.41, 5.74) is 8.70. The summed E-state index contributed by atoms with van der Waals surface area (Å²) in [6.45, 7) is 6.75. The quantitative estimate of drug-likeness (QED) is 0.335. The van der Waals surface area contributed by atoms with E-state index in [2.05, 4.69) is 10.1 Å². The minimum atomic E-state index is -0.232. The van der Waals surface area contributed by atoms with Crippen LogP contribution in [0.15, 0.2) is 23.4 Å². The maximum absolute atomic E-state index is 9.64. The van der Waals surface area contributed by atoms with E-state index in [9.17, 15) is 5.11 Å². The normalized spacial score (nSPS) is 22.1. The Morgan fingerprint density at radius 2 is 2.30 bits per heavy atom. The molecule has 5 nitrogen and oxygen atoms in total. The molecule has 1 aliphatic heterocycles. The van der Waals surface area contributed by atoms with Crippen LogP contribution in [0.4, 0.5) is 0 Å². The third-order valence-corrected chi connectivity index (χ3v) is 4.13. The summed E-state index contributed by atoms with van der Waals surface area (Å²) in [5.74, 6) is 0.515. The molecule has 5 heteroatoms. The monoisotopic (exact) mass is 277 g/mol. The van der Waals surface area contributed by atoms with Crippen LogP contribution >= 0.6 is 0 Å². The second-order valence-electron chi connectivity index (χ2n) is 5.65. The molecular weight excluding hydrogens is 254 g/mol. The zero-order valence-corrected chi connectivity index (χ0v) is 12.1. The van der Waals surface area contributed by atoms with Gasteiger partial charge in [-0.1, -0.05) is 17.3 Å². The summed E-state index contributed by atoms with van der Waals surface area (Å²) >= 11 is 0.